The van der Waals surface area contributed by atoms with Crippen LogP contribution in [0.2, 0.25) is 0 Å². The van der Waals surface area contributed by atoms with Crippen LogP contribution in [0.25, 0.3) is 0 Å². The zero-order valence-corrected chi connectivity index (χ0v) is 11.2. The lowest BCUT2D eigenvalue weighted by Gasteiger charge is -2.20. The molecule has 1 amide bonds. The van der Waals surface area contributed by atoms with Crippen LogP contribution in [0.1, 0.15) is 33.3 Å². The number of nitrogens with one attached hydrogen (secondary N) is 1. The highest BCUT2D eigenvalue weighted by Crippen LogP contribution is 2.18. The average molecular weight is 252 g/mol. The van der Waals surface area contributed by atoms with E-state index >= 15 is 0 Å². The fraction of sp³-hybridized carbons (Fsp3) is 0.538. The highest BCUT2D eigenvalue weighted by molar-refractivity contribution is 5.71. The molecule has 1 aromatic heterocycles. The molecule has 5 nitrogen and oxygen atoms in total. The van der Waals surface area contributed by atoms with Crippen molar-refractivity contribution in [3.05, 3.63) is 24.0 Å². The minimum absolute atomic E-state index is 0.353. The van der Waals surface area contributed by atoms with Crippen molar-refractivity contribution in [2.24, 2.45) is 0 Å². The molecule has 0 saturated heterocycles. The summed E-state index contributed by atoms with van der Waals surface area (Å²) in [5.41, 5.74) is 0.353. The van der Waals surface area contributed by atoms with E-state index in [0.717, 1.165) is 0 Å². The van der Waals surface area contributed by atoms with Crippen molar-refractivity contribution in [2.75, 3.05) is 0 Å². The van der Waals surface area contributed by atoms with Gasteiger partial charge in [-0.05, 0) is 33.8 Å². The Morgan fingerprint density at radius 3 is 2.78 bits per heavy atom. The third kappa shape index (κ3) is 5.14. The highest BCUT2D eigenvalue weighted by Gasteiger charge is 2.17. The van der Waals surface area contributed by atoms with Crippen molar-refractivity contribution in [3.8, 4) is 5.75 Å². The van der Waals surface area contributed by atoms with Crippen molar-refractivity contribution >= 4 is 6.09 Å². The number of amides is 1. The third-order valence-corrected chi connectivity index (χ3v) is 2.05. The Hall–Kier alpha value is -1.62. The molecular weight excluding hydrogens is 232 g/mol. The van der Waals surface area contributed by atoms with Crippen LogP contribution in [0.3, 0.4) is 0 Å². The molecule has 1 unspecified atom stereocenters. The van der Waals surface area contributed by atoms with E-state index in [1.807, 2.05) is 20.8 Å². The number of ether oxygens (including phenoxy) is 1. The van der Waals surface area contributed by atoms with E-state index in [-0.39, 0.29) is 5.54 Å². The van der Waals surface area contributed by atoms with Gasteiger partial charge in [0.05, 0.1) is 6.10 Å². The first kappa shape index (κ1) is 14.4. The van der Waals surface area contributed by atoms with Crippen LogP contribution in [0.5, 0.6) is 5.75 Å². The largest absolute Gasteiger partial charge is 0.413 e. The van der Waals surface area contributed by atoms with Gasteiger partial charge in [-0.15, -0.1) is 0 Å². The van der Waals surface area contributed by atoms with Crippen molar-refractivity contribution in [1.82, 2.24) is 10.3 Å². The molecule has 1 heterocycles. The van der Waals surface area contributed by atoms with Crippen LogP contribution in [0.4, 0.5) is 4.79 Å². The lowest BCUT2D eigenvalue weighted by atomic mass is 10.1. The van der Waals surface area contributed by atoms with E-state index in [1.165, 1.54) is 0 Å². The molecule has 0 aromatic carbocycles. The zero-order chi connectivity index (χ0) is 13.8. The first-order chi connectivity index (χ1) is 8.28. The predicted octanol–water partition coefficient (Wildman–Crippen LogP) is 1.89. The van der Waals surface area contributed by atoms with E-state index < -0.39 is 12.2 Å². The molecule has 0 bridgehead atoms. The second-order valence-electron chi connectivity index (χ2n) is 5.30. The van der Waals surface area contributed by atoms with Crippen molar-refractivity contribution in [2.45, 2.75) is 45.8 Å². The lowest BCUT2D eigenvalue weighted by Crippen LogP contribution is -2.42. The Bertz CT molecular complexity index is 411. The molecule has 0 aliphatic carbocycles. The Kier molecular flexibility index (Phi) is 4.67. The standard InChI is InChI=1S/C13H20N2O3/c1-9(16)7-10-8-14-6-5-11(10)18-12(17)15-13(2,3)4/h5-6,8-9,16H,7H2,1-4H3,(H,15,17). The van der Waals surface area contributed by atoms with Gasteiger partial charge in [-0.3, -0.25) is 4.98 Å². The molecule has 0 fully saturated rings. The molecule has 0 radical (unpaired) electrons. The number of rotatable bonds is 3. The minimum atomic E-state index is -0.513. The maximum Gasteiger partial charge on any atom is 0.413 e. The number of hydrogen-bond donors (Lipinski definition) is 2. The van der Waals surface area contributed by atoms with Crippen LogP contribution in [0.15, 0.2) is 18.5 Å². The summed E-state index contributed by atoms with van der Waals surface area (Å²) in [7, 11) is 0. The normalized spacial score (nSPS) is 12.9. The Morgan fingerprint density at radius 2 is 2.22 bits per heavy atom. The summed E-state index contributed by atoms with van der Waals surface area (Å²) < 4.78 is 5.22. The predicted molar refractivity (Wildman–Crippen MR) is 68.5 cm³/mol. The van der Waals surface area contributed by atoms with Crippen LogP contribution in [0, 0.1) is 0 Å². The number of pyridine rings is 1. The zero-order valence-electron chi connectivity index (χ0n) is 11.2. The van der Waals surface area contributed by atoms with Gasteiger partial charge in [0, 0.05) is 29.9 Å². The van der Waals surface area contributed by atoms with Gasteiger partial charge in [0.15, 0.2) is 0 Å². The molecule has 5 heteroatoms. The number of hydrogen-bond acceptors (Lipinski definition) is 4. The quantitative estimate of drug-likeness (QED) is 0.861. The Balaban J connectivity index is 2.75. The fourth-order valence-corrected chi connectivity index (χ4v) is 1.42. The fourth-order valence-electron chi connectivity index (χ4n) is 1.42. The average Bonchev–Trinajstić information content (AvgIpc) is 2.17. The maximum absolute atomic E-state index is 11.6. The van der Waals surface area contributed by atoms with E-state index in [9.17, 15) is 9.90 Å². The molecule has 0 saturated carbocycles. The van der Waals surface area contributed by atoms with Crippen LogP contribution in [-0.2, 0) is 6.42 Å². The van der Waals surface area contributed by atoms with Gasteiger partial charge in [0.25, 0.3) is 0 Å². The van der Waals surface area contributed by atoms with Crippen LogP contribution in [-0.4, -0.2) is 27.8 Å². The van der Waals surface area contributed by atoms with Crippen molar-refractivity contribution in [1.29, 1.82) is 0 Å². The smallest absolute Gasteiger partial charge is 0.410 e. The van der Waals surface area contributed by atoms with Crippen molar-refractivity contribution in [3.63, 3.8) is 0 Å². The third-order valence-electron chi connectivity index (χ3n) is 2.05. The minimum Gasteiger partial charge on any atom is -0.410 e. The number of aromatic nitrogens is 1. The number of carbonyl (C=O) groups is 1. The summed E-state index contributed by atoms with van der Waals surface area (Å²) >= 11 is 0. The number of carbonyl (C=O) groups excluding carboxylic acids is 1. The van der Waals surface area contributed by atoms with E-state index in [2.05, 4.69) is 10.3 Å². The molecular formula is C13H20N2O3. The topological polar surface area (TPSA) is 71.5 Å². The first-order valence-electron chi connectivity index (χ1n) is 5.89. The second-order valence-corrected chi connectivity index (χ2v) is 5.30. The molecule has 1 rings (SSSR count). The Morgan fingerprint density at radius 1 is 1.56 bits per heavy atom. The van der Waals surface area contributed by atoms with E-state index in [0.29, 0.717) is 17.7 Å². The summed E-state index contributed by atoms with van der Waals surface area (Å²) in [4.78, 5) is 15.6. The molecule has 18 heavy (non-hydrogen) atoms. The molecule has 0 aliphatic heterocycles. The molecule has 0 spiro atoms. The van der Waals surface area contributed by atoms with E-state index in [1.54, 1.807) is 25.4 Å². The lowest BCUT2D eigenvalue weighted by molar-refractivity contribution is 0.184. The molecule has 2 N–H and O–H groups in total. The number of aliphatic hydroxyl groups is 1. The SMILES string of the molecule is CC(O)Cc1cnccc1OC(=O)NC(C)(C)C. The summed E-state index contributed by atoms with van der Waals surface area (Å²) in [6, 6.07) is 1.61. The Labute approximate surface area is 107 Å². The summed E-state index contributed by atoms with van der Waals surface area (Å²) in [6.45, 7) is 7.29. The number of nitrogens with zero attached hydrogens (tertiary/aromatic N) is 1. The van der Waals surface area contributed by atoms with Crippen molar-refractivity contribution < 1.29 is 14.6 Å². The van der Waals surface area contributed by atoms with Gasteiger partial charge < -0.3 is 15.2 Å². The first-order valence-corrected chi connectivity index (χ1v) is 5.89. The maximum atomic E-state index is 11.6. The molecule has 1 atom stereocenters. The summed E-state index contributed by atoms with van der Waals surface area (Å²) in [6.07, 6.45) is 2.51. The summed E-state index contributed by atoms with van der Waals surface area (Å²) in [5.74, 6) is 0.424. The van der Waals surface area contributed by atoms with Gasteiger partial charge in [-0.2, -0.15) is 0 Å². The van der Waals surface area contributed by atoms with Gasteiger partial charge in [0.1, 0.15) is 5.75 Å². The number of aliphatic hydroxyl groups excluding tert-OH is 1. The second kappa shape index (κ2) is 5.82. The monoisotopic (exact) mass is 252 g/mol. The molecule has 100 valence electrons. The van der Waals surface area contributed by atoms with Gasteiger partial charge >= 0.3 is 6.09 Å². The van der Waals surface area contributed by atoms with Gasteiger partial charge in [0.2, 0.25) is 0 Å². The highest BCUT2D eigenvalue weighted by atomic mass is 16.6. The van der Waals surface area contributed by atoms with Crippen LogP contribution < -0.4 is 10.1 Å². The van der Waals surface area contributed by atoms with Gasteiger partial charge in [-0.25, -0.2) is 4.79 Å². The molecule has 0 aliphatic rings. The van der Waals surface area contributed by atoms with Crippen LogP contribution >= 0.6 is 0 Å². The summed E-state index contributed by atoms with van der Waals surface area (Å²) in [5, 5.41) is 12.1. The molecule has 1 aromatic rings. The van der Waals surface area contributed by atoms with E-state index in [4.69, 9.17) is 4.74 Å². The van der Waals surface area contributed by atoms with Gasteiger partial charge in [-0.1, -0.05) is 0 Å².